The van der Waals surface area contributed by atoms with Crippen molar-refractivity contribution in [3.63, 3.8) is 0 Å². The molecule has 3 N–H and O–H groups in total. The summed E-state index contributed by atoms with van der Waals surface area (Å²) in [6.07, 6.45) is 57.0. The monoisotopic (exact) mass is 1440 g/mol. The van der Waals surface area contributed by atoms with E-state index in [1.165, 1.54) is 212 Å². The van der Waals surface area contributed by atoms with E-state index in [0.29, 0.717) is 31.6 Å². The highest BCUT2D eigenvalue weighted by atomic mass is 31.2. The Hall–Kier alpha value is -1.94. The zero-order valence-corrected chi connectivity index (χ0v) is 66.0. The molecule has 0 aliphatic carbocycles. The Morgan fingerprint density at radius 2 is 0.469 bits per heavy atom. The van der Waals surface area contributed by atoms with Gasteiger partial charge in [0.1, 0.15) is 19.3 Å². The molecule has 2 unspecified atom stereocenters. The molecule has 0 heterocycles. The minimum absolute atomic E-state index is 0.105. The van der Waals surface area contributed by atoms with Crippen LogP contribution in [0.25, 0.3) is 0 Å². The Kier molecular flexibility index (Phi) is 68.1. The zero-order valence-electron chi connectivity index (χ0n) is 64.3. The van der Waals surface area contributed by atoms with Gasteiger partial charge < -0.3 is 33.8 Å². The smallest absolute Gasteiger partial charge is 0.462 e. The molecule has 19 heteroatoms. The average Bonchev–Trinajstić information content (AvgIpc) is 0.981. The number of phosphoric acid groups is 2. The number of carbonyl (C=O) groups excluding carboxylic acids is 4. The number of aliphatic hydroxyl groups excluding tert-OH is 1. The van der Waals surface area contributed by atoms with E-state index in [9.17, 15) is 43.2 Å². The molecule has 0 aromatic carbocycles. The highest BCUT2D eigenvalue weighted by Gasteiger charge is 2.30. The van der Waals surface area contributed by atoms with E-state index in [1.807, 2.05) is 0 Å². The van der Waals surface area contributed by atoms with Crippen molar-refractivity contribution in [3.05, 3.63) is 0 Å². The van der Waals surface area contributed by atoms with Crippen molar-refractivity contribution in [1.82, 2.24) is 0 Å². The number of esters is 4. The molecule has 5 atom stereocenters. The quantitative estimate of drug-likeness (QED) is 0.0222. The van der Waals surface area contributed by atoms with Gasteiger partial charge in [0.15, 0.2) is 12.2 Å². The fourth-order valence-corrected chi connectivity index (χ4v) is 13.7. The molecule has 98 heavy (non-hydrogen) atoms. The molecule has 0 bridgehead atoms. The molecule has 0 radical (unpaired) electrons. The van der Waals surface area contributed by atoms with Crippen molar-refractivity contribution in [2.45, 2.75) is 426 Å². The number of hydrogen-bond acceptors (Lipinski definition) is 15. The van der Waals surface area contributed by atoms with E-state index in [-0.39, 0.29) is 25.7 Å². The third-order valence-corrected chi connectivity index (χ3v) is 20.3. The summed E-state index contributed by atoms with van der Waals surface area (Å²) in [6.45, 7) is 11.9. The lowest BCUT2D eigenvalue weighted by molar-refractivity contribution is -0.161. The lowest BCUT2D eigenvalue weighted by Crippen LogP contribution is -2.30. The van der Waals surface area contributed by atoms with Gasteiger partial charge in [-0.15, -0.1) is 0 Å². The van der Waals surface area contributed by atoms with Crippen molar-refractivity contribution in [1.29, 1.82) is 0 Å². The molecule has 0 aliphatic heterocycles. The molecule has 0 aromatic rings. The van der Waals surface area contributed by atoms with Gasteiger partial charge in [0, 0.05) is 25.7 Å². The summed E-state index contributed by atoms with van der Waals surface area (Å²) in [5, 5.41) is 10.6. The first-order chi connectivity index (χ1) is 47.2. The number of rotatable bonds is 77. The van der Waals surface area contributed by atoms with E-state index in [2.05, 4.69) is 48.5 Å². The Bertz CT molecular complexity index is 1900. The summed E-state index contributed by atoms with van der Waals surface area (Å²) in [5.74, 6) is 0.152. The molecule has 0 fully saturated rings. The normalized spacial score (nSPS) is 14.0. The van der Waals surface area contributed by atoms with Gasteiger partial charge in [-0.3, -0.25) is 37.3 Å². The van der Waals surface area contributed by atoms with Gasteiger partial charge in [-0.2, -0.15) is 0 Å². The predicted molar refractivity (Wildman–Crippen MR) is 400 cm³/mol. The molecular weight excluding hydrogens is 1280 g/mol. The molecule has 0 amide bonds. The van der Waals surface area contributed by atoms with Gasteiger partial charge >= 0.3 is 39.5 Å². The number of ether oxygens (including phenoxy) is 4. The van der Waals surface area contributed by atoms with Gasteiger partial charge in [-0.1, -0.05) is 357 Å². The van der Waals surface area contributed by atoms with Crippen LogP contribution in [0.4, 0.5) is 0 Å². The van der Waals surface area contributed by atoms with E-state index >= 15 is 0 Å². The Morgan fingerprint density at radius 3 is 0.694 bits per heavy atom. The Balaban J connectivity index is 5.24. The van der Waals surface area contributed by atoms with Crippen molar-refractivity contribution in [2.75, 3.05) is 39.6 Å². The second kappa shape index (κ2) is 69.4. The maximum Gasteiger partial charge on any atom is 0.472 e. The summed E-state index contributed by atoms with van der Waals surface area (Å²) in [4.78, 5) is 72.9. The summed E-state index contributed by atoms with van der Waals surface area (Å²) >= 11 is 0. The number of unbranched alkanes of at least 4 members (excludes halogenated alkanes) is 45. The van der Waals surface area contributed by atoms with Gasteiger partial charge in [-0.05, 0) is 43.4 Å². The third-order valence-electron chi connectivity index (χ3n) is 18.4. The summed E-state index contributed by atoms with van der Waals surface area (Å²) < 4.78 is 68.6. The average molecular weight is 1440 g/mol. The van der Waals surface area contributed by atoms with Crippen molar-refractivity contribution in [3.8, 4) is 0 Å². The minimum Gasteiger partial charge on any atom is -0.462 e. The van der Waals surface area contributed by atoms with Crippen LogP contribution in [-0.4, -0.2) is 96.7 Å². The lowest BCUT2D eigenvalue weighted by Gasteiger charge is -2.21. The van der Waals surface area contributed by atoms with Gasteiger partial charge in [0.25, 0.3) is 0 Å². The van der Waals surface area contributed by atoms with Crippen LogP contribution in [0.5, 0.6) is 0 Å². The molecule has 0 saturated carbocycles. The Labute approximate surface area is 600 Å². The van der Waals surface area contributed by atoms with Gasteiger partial charge in [0.05, 0.1) is 26.4 Å². The van der Waals surface area contributed by atoms with Gasteiger partial charge in [0.2, 0.25) is 0 Å². The van der Waals surface area contributed by atoms with Crippen LogP contribution < -0.4 is 0 Å². The predicted octanol–water partition coefficient (Wildman–Crippen LogP) is 23.4. The molecule has 0 rings (SSSR count). The number of aliphatic hydroxyl groups is 1. The molecular formula is C79H154O17P2. The first-order valence-electron chi connectivity index (χ1n) is 40.8. The highest BCUT2D eigenvalue weighted by Crippen LogP contribution is 2.45. The number of hydrogen-bond donors (Lipinski definition) is 3. The van der Waals surface area contributed by atoms with Crippen LogP contribution in [0.3, 0.4) is 0 Å². The minimum atomic E-state index is -4.96. The maximum absolute atomic E-state index is 13.1. The first kappa shape index (κ1) is 96.1. The number of carbonyl (C=O) groups is 4. The standard InChI is InChI=1S/C79H154O17P2/c1-8-9-10-11-12-13-14-15-16-20-23-26-32-39-46-53-60-76(81)89-66-74(95-78(83)62-55-48-40-33-27-24-21-18-17-19-22-25-30-36-43-50-57-70(2)3)68-93-97(85,86)91-64-73(80)65-92-98(87,88)94-69-75(67-90-77(82)61-54-47-42-35-38-45-52-59-72(6)7)96-79(84)63-56-49-41-34-29-28-31-37-44-51-58-71(4)5/h70-75,80H,8-69H2,1-7H3,(H,85,86)(H,87,88)/t73-,74-,75-/m1/s1. The molecule has 0 saturated heterocycles. The molecule has 17 nitrogen and oxygen atoms in total. The second-order valence-corrected chi connectivity index (χ2v) is 32.8. The van der Waals surface area contributed by atoms with E-state index in [1.54, 1.807) is 0 Å². The van der Waals surface area contributed by atoms with E-state index in [4.69, 9.17) is 37.0 Å². The van der Waals surface area contributed by atoms with Crippen molar-refractivity contribution >= 4 is 39.5 Å². The van der Waals surface area contributed by atoms with Crippen molar-refractivity contribution < 1.29 is 80.2 Å². The summed E-state index contributed by atoms with van der Waals surface area (Å²) in [6, 6.07) is 0. The lowest BCUT2D eigenvalue weighted by atomic mass is 10.0. The number of phosphoric ester groups is 2. The summed E-state index contributed by atoms with van der Waals surface area (Å²) in [5.41, 5.74) is 0. The van der Waals surface area contributed by atoms with E-state index < -0.39 is 97.5 Å². The largest absolute Gasteiger partial charge is 0.472 e. The fourth-order valence-electron chi connectivity index (χ4n) is 12.1. The van der Waals surface area contributed by atoms with Gasteiger partial charge in [-0.25, -0.2) is 9.13 Å². The molecule has 582 valence electrons. The second-order valence-electron chi connectivity index (χ2n) is 29.9. The fraction of sp³-hybridized carbons (Fsp3) is 0.949. The van der Waals surface area contributed by atoms with Crippen LogP contribution in [0, 0.1) is 17.8 Å². The van der Waals surface area contributed by atoms with Crippen LogP contribution in [0.1, 0.15) is 408 Å². The van der Waals surface area contributed by atoms with Crippen LogP contribution in [-0.2, 0) is 65.4 Å². The topological polar surface area (TPSA) is 237 Å². The maximum atomic E-state index is 13.1. The SMILES string of the molecule is CCCCCCCCCCCCCCCCCCC(=O)OC[C@H](COP(=O)(O)OC[C@@H](O)COP(=O)(O)OC[C@@H](COC(=O)CCCCCCCCCC(C)C)OC(=O)CCCCCCCCCCCCC(C)C)OC(=O)CCCCCCCCCCCCCCCCCCC(C)C. The first-order valence-corrected chi connectivity index (χ1v) is 43.8. The molecule has 0 aromatic heterocycles. The van der Waals surface area contributed by atoms with Crippen LogP contribution >= 0.6 is 15.6 Å². The van der Waals surface area contributed by atoms with Crippen molar-refractivity contribution in [2.24, 2.45) is 17.8 Å². The third kappa shape index (κ3) is 72.4. The van der Waals surface area contributed by atoms with E-state index in [0.717, 1.165) is 108 Å². The summed E-state index contributed by atoms with van der Waals surface area (Å²) in [7, 11) is -9.92. The Morgan fingerprint density at radius 1 is 0.276 bits per heavy atom. The van der Waals surface area contributed by atoms with Crippen LogP contribution in [0.15, 0.2) is 0 Å². The van der Waals surface area contributed by atoms with Crippen LogP contribution in [0.2, 0.25) is 0 Å². The zero-order chi connectivity index (χ0) is 72.3. The molecule has 0 aliphatic rings. The highest BCUT2D eigenvalue weighted by molar-refractivity contribution is 7.47. The molecule has 0 spiro atoms.